The normalized spacial score (nSPS) is 16.5. The molecule has 0 bridgehead atoms. The smallest absolute Gasteiger partial charge is 0.270 e. The van der Waals surface area contributed by atoms with Gasteiger partial charge in [0, 0.05) is 29.7 Å². The summed E-state index contributed by atoms with van der Waals surface area (Å²) in [6, 6.07) is 8.95. The van der Waals surface area contributed by atoms with Crippen LogP contribution >= 0.6 is 0 Å². The Labute approximate surface area is 199 Å². The van der Waals surface area contributed by atoms with Crippen LogP contribution in [0.15, 0.2) is 36.5 Å². The molecule has 1 aromatic carbocycles. The number of aryl methyl sites for hydroxylation is 3. The van der Waals surface area contributed by atoms with Gasteiger partial charge < -0.3 is 10.6 Å². The third-order valence-electron chi connectivity index (χ3n) is 7.10. The van der Waals surface area contributed by atoms with Gasteiger partial charge >= 0.3 is 0 Å². The van der Waals surface area contributed by atoms with Crippen LogP contribution in [0, 0.1) is 31.6 Å². The Hall–Kier alpha value is -3.42. The summed E-state index contributed by atoms with van der Waals surface area (Å²) in [6.07, 6.45) is 6.15. The van der Waals surface area contributed by atoms with E-state index in [1.807, 2.05) is 45.0 Å². The average molecular weight is 461 g/mol. The van der Waals surface area contributed by atoms with Crippen molar-refractivity contribution in [2.75, 3.05) is 5.32 Å². The Balaban J connectivity index is 1.35. The first kappa shape index (κ1) is 22.4. The maximum atomic E-state index is 13.5. The molecule has 0 unspecified atom stereocenters. The molecule has 178 valence electrons. The largest absolute Gasteiger partial charge is 0.339 e. The van der Waals surface area contributed by atoms with E-state index in [9.17, 15) is 9.59 Å². The van der Waals surface area contributed by atoms with Gasteiger partial charge in [-0.05, 0) is 88.0 Å². The summed E-state index contributed by atoms with van der Waals surface area (Å²) >= 11 is 0. The van der Waals surface area contributed by atoms with Crippen molar-refractivity contribution in [3.8, 4) is 11.1 Å². The second kappa shape index (κ2) is 9.08. The van der Waals surface area contributed by atoms with Gasteiger partial charge in [-0.3, -0.25) is 19.4 Å². The fourth-order valence-corrected chi connectivity index (χ4v) is 5.14. The number of carbonyl (C=O) groups is 2. The first-order chi connectivity index (χ1) is 16.5. The average Bonchev–Trinajstić information content (AvgIpc) is 3.76. The van der Waals surface area contributed by atoms with E-state index in [0.717, 1.165) is 53.9 Å². The first-order valence-electron chi connectivity index (χ1n) is 12.2. The molecule has 2 aliphatic carbocycles. The maximum Gasteiger partial charge on any atom is 0.270 e. The molecule has 3 aromatic rings. The lowest BCUT2D eigenvalue weighted by molar-refractivity contribution is -0.119. The van der Waals surface area contributed by atoms with Gasteiger partial charge in [-0.15, -0.1) is 0 Å². The predicted octanol–water partition coefficient (Wildman–Crippen LogP) is 4.08. The van der Waals surface area contributed by atoms with Crippen molar-refractivity contribution in [3.05, 3.63) is 53.6 Å². The standard InChI is InChI=1S/C26H32N6O2/c1-4-32-21(13-14-27-32)25(33)29-24(23(18-5-6-18)19-7-8-19)26(34)28-20-11-9-17(10-12-20)22-15(2)30-31-16(22)3/h9-14,18-19,23-24H,4-8H2,1-3H3,(H,28,34)(H,29,33)(H,30,31)/t24-/m0/s1. The minimum absolute atomic E-state index is 0.150. The number of rotatable bonds is 9. The number of hydrogen-bond donors (Lipinski definition) is 3. The van der Waals surface area contributed by atoms with Gasteiger partial charge in [-0.1, -0.05) is 12.1 Å². The van der Waals surface area contributed by atoms with Gasteiger partial charge in [-0.2, -0.15) is 10.2 Å². The highest BCUT2D eigenvalue weighted by atomic mass is 16.2. The number of nitrogens with zero attached hydrogens (tertiary/aromatic N) is 3. The molecule has 1 atom stereocenters. The fraction of sp³-hybridized carbons (Fsp3) is 0.462. The van der Waals surface area contributed by atoms with E-state index in [1.165, 1.54) is 0 Å². The predicted molar refractivity (Wildman–Crippen MR) is 130 cm³/mol. The van der Waals surface area contributed by atoms with E-state index in [-0.39, 0.29) is 17.7 Å². The Morgan fingerprint density at radius 2 is 1.76 bits per heavy atom. The SMILES string of the molecule is CCn1nccc1C(=O)N[C@H](C(=O)Nc1ccc(-c2c(C)n[nH]c2C)cc1)C(C1CC1)C1CC1. The molecule has 5 rings (SSSR count). The van der Waals surface area contributed by atoms with Crippen molar-refractivity contribution in [2.24, 2.45) is 17.8 Å². The lowest BCUT2D eigenvalue weighted by atomic mass is 9.88. The second-order valence-electron chi connectivity index (χ2n) is 9.61. The molecule has 8 heteroatoms. The second-order valence-corrected chi connectivity index (χ2v) is 9.61. The summed E-state index contributed by atoms with van der Waals surface area (Å²) < 4.78 is 1.66. The lowest BCUT2D eigenvalue weighted by Crippen LogP contribution is -2.50. The summed E-state index contributed by atoms with van der Waals surface area (Å²) in [5.41, 5.74) is 5.29. The van der Waals surface area contributed by atoms with Crippen LogP contribution in [0.25, 0.3) is 11.1 Å². The number of aromatic nitrogens is 4. The van der Waals surface area contributed by atoms with Gasteiger partial charge in [0.25, 0.3) is 5.91 Å². The van der Waals surface area contributed by atoms with Crippen LogP contribution in [0.5, 0.6) is 0 Å². The van der Waals surface area contributed by atoms with Gasteiger partial charge in [-0.25, -0.2) is 0 Å². The minimum Gasteiger partial charge on any atom is -0.339 e. The number of carbonyl (C=O) groups excluding carboxylic acids is 2. The van der Waals surface area contributed by atoms with Crippen LogP contribution in [0.1, 0.15) is 54.5 Å². The van der Waals surface area contributed by atoms with E-state index in [4.69, 9.17) is 0 Å². The van der Waals surface area contributed by atoms with Crippen molar-refractivity contribution in [2.45, 2.75) is 59.0 Å². The molecule has 34 heavy (non-hydrogen) atoms. The molecule has 0 saturated heterocycles. The van der Waals surface area contributed by atoms with Crippen molar-refractivity contribution >= 4 is 17.5 Å². The van der Waals surface area contributed by atoms with Gasteiger partial charge in [0.15, 0.2) is 0 Å². The summed E-state index contributed by atoms with van der Waals surface area (Å²) in [7, 11) is 0. The zero-order chi connectivity index (χ0) is 23.8. The van der Waals surface area contributed by atoms with E-state index in [0.29, 0.717) is 24.1 Å². The van der Waals surface area contributed by atoms with Crippen molar-refractivity contribution in [1.29, 1.82) is 0 Å². The third kappa shape index (κ3) is 4.49. The first-order valence-corrected chi connectivity index (χ1v) is 12.2. The van der Waals surface area contributed by atoms with Crippen LogP contribution in [0.2, 0.25) is 0 Å². The fourth-order valence-electron chi connectivity index (χ4n) is 5.14. The van der Waals surface area contributed by atoms with Gasteiger partial charge in [0.2, 0.25) is 5.91 Å². The molecule has 2 amide bonds. The van der Waals surface area contributed by atoms with Crippen molar-refractivity contribution in [1.82, 2.24) is 25.3 Å². The zero-order valence-electron chi connectivity index (χ0n) is 20.0. The zero-order valence-corrected chi connectivity index (χ0v) is 20.0. The van der Waals surface area contributed by atoms with Gasteiger partial charge in [0.1, 0.15) is 11.7 Å². The molecule has 2 heterocycles. The van der Waals surface area contributed by atoms with Crippen molar-refractivity contribution < 1.29 is 9.59 Å². The molecular weight excluding hydrogens is 428 g/mol. The Bertz CT molecular complexity index is 1150. The monoisotopic (exact) mass is 460 g/mol. The van der Waals surface area contributed by atoms with Crippen LogP contribution in [-0.2, 0) is 11.3 Å². The van der Waals surface area contributed by atoms with Crippen LogP contribution < -0.4 is 10.6 Å². The summed E-state index contributed by atoms with van der Waals surface area (Å²) in [5, 5.41) is 17.6. The molecule has 2 aliphatic rings. The van der Waals surface area contributed by atoms with E-state index < -0.39 is 6.04 Å². The molecule has 2 fully saturated rings. The van der Waals surface area contributed by atoms with Crippen LogP contribution in [0.4, 0.5) is 5.69 Å². The molecule has 2 saturated carbocycles. The summed E-state index contributed by atoms with van der Waals surface area (Å²) in [4.78, 5) is 26.7. The lowest BCUT2D eigenvalue weighted by Gasteiger charge is -2.27. The highest BCUT2D eigenvalue weighted by Crippen LogP contribution is 2.51. The Morgan fingerprint density at radius 1 is 1.09 bits per heavy atom. The van der Waals surface area contributed by atoms with Crippen LogP contribution in [-0.4, -0.2) is 37.8 Å². The number of amides is 2. The highest BCUT2D eigenvalue weighted by Gasteiger charge is 2.48. The van der Waals surface area contributed by atoms with Gasteiger partial charge in [0.05, 0.1) is 5.69 Å². The Kier molecular flexibility index (Phi) is 5.98. The molecular formula is C26H32N6O2. The molecule has 3 N–H and O–H groups in total. The molecule has 0 spiro atoms. The summed E-state index contributed by atoms with van der Waals surface area (Å²) in [5.74, 6) is 0.802. The number of aromatic amines is 1. The molecule has 0 aliphatic heterocycles. The number of H-pyrrole nitrogens is 1. The third-order valence-corrected chi connectivity index (χ3v) is 7.10. The molecule has 2 aromatic heterocycles. The van der Waals surface area contributed by atoms with Crippen molar-refractivity contribution in [3.63, 3.8) is 0 Å². The minimum atomic E-state index is -0.564. The molecule has 0 radical (unpaired) electrons. The van der Waals surface area contributed by atoms with E-state index in [1.54, 1.807) is 16.9 Å². The van der Waals surface area contributed by atoms with E-state index >= 15 is 0 Å². The topological polar surface area (TPSA) is 105 Å². The maximum absolute atomic E-state index is 13.5. The summed E-state index contributed by atoms with van der Waals surface area (Å²) in [6.45, 7) is 6.52. The number of anilines is 1. The quantitative estimate of drug-likeness (QED) is 0.447. The highest BCUT2D eigenvalue weighted by molar-refractivity contribution is 6.01. The number of nitrogens with one attached hydrogen (secondary N) is 3. The van der Waals surface area contributed by atoms with E-state index in [2.05, 4.69) is 25.9 Å². The van der Waals surface area contributed by atoms with Crippen LogP contribution in [0.3, 0.4) is 0 Å². The Morgan fingerprint density at radius 3 is 2.32 bits per heavy atom. The number of hydrogen-bond acceptors (Lipinski definition) is 4. The molecule has 8 nitrogen and oxygen atoms in total. The number of benzene rings is 1.